The van der Waals surface area contributed by atoms with Crippen LogP contribution in [-0.4, -0.2) is 41.5 Å². The molecule has 1 amide bonds. The molecule has 0 fully saturated rings. The minimum Gasteiger partial charge on any atom is -0.465 e. The van der Waals surface area contributed by atoms with E-state index in [0.717, 1.165) is 6.20 Å². The summed E-state index contributed by atoms with van der Waals surface area (Å²) in [6, 6.07) is 6.10. The van der Waals surface area contributed by atoms with Gasteiger partial charge in [-0.05, 0) is 12.1 Å². The number of H-pyrrole nitrogens is 2. The fourth-order valence-corrected chi connectivity index (χ4v) is 1.84. The zero-order chi connectivity index (χ0) is 18.4. The summed E-state index contributed by atoms with van der Waals surface area (Å²) in [6.45, 7) is -0.701. The van der Waals surface area contributed by atoms with Crippen LogP contribution in [0.3, 0.4) is 0 Å². The summed E-state index contributed by atoms with van der Waals surface area (Å²) in [6.07, 6.45) is 0.883. The van der Waals surface area contributed by atoms with Crippen LogP contribution >= 0.6 is 0 Å². The normalized spacial score (nSPS) is 9.96. The first kappa shape index (κ1) is 17.7. The lowest BCUT2D eigenvalue weighted by molar-refractivity contribution is -0.119. The van der Waals surface area contributed by atoms with Crippen LogP contribution in [0, 0.1) is 0 Å². The number of carbonyl (C=O) groups excluding carboxylic acids is 3. The Hall–Kier alpha value is -3.69. The Labute approximate surface area is 139 Å². The molecule has 0 unspecified atom stereocenters. The first-order chi connectivity index (χ1) is 11.9. The number of rotatable bonds is 5. The average molecular weight is 347 g/mol. The smallest absolute Gasteiger partial charge is 0.345 e. The lowest BCUT2D eigenvalue weighted by Crippen LogP contribution is -2.29. The van der Waals surface area contributed by atoms with Gasteiger partial charge in [0.1, 0.15) is 5.56 Å². The summed E-state index contributed by atoms with van der Waals surface area (Å²) < 4.78 is 9.29. The molecule has 3 N–H and O–H groups in total. The molecule has 25 heavy (non-hydrogen) atoms. The van der Waals surface area contributed by atoms with Gasteiger partial charge in [0.2, 0.25) is 0 Å². The zero-order valence-electron chi connectivity index (χ0n) is 13.0. The first-order valence-electron chi connectivity index (χ1n) is 6.88. The predicted molar refractivity (Wildman–Crippen MR) is 84.4 cm³/mol. The fourth-order valence-electron chi connectivity index (χ4n) is 1.84. The number of anilines is 1. The standard InChI is InChI=1S/C15H13N3O7/c1-24-13(21)8-4-2-3-5-10(8)17-11(19)7-25-14(22)9-6-16-15(23)18-12(9)20/h2-6H,7H2,1H3,(H,17,19)(H2,16,18,20,23). The van der Waals surface area contributed by atoms with Crippen molar-refractivity contribution in [3.63, 3.8) is 0 Å². The molecule has 1 aromatic heterocycles. The van der Waals surface area contributed by atoms with Crippen molar-refractivity contribution < 1.29 is 23.9 Å². The number of benzene rings is 1. The molecule has 0 bridgehead atoms. The second-order valence-corrected chi connectivity index (χ2v) is 4.65. The maximum atomic E-state index is 11.9. The maximum Gasteiger partial charge on any atom is 0.345 e. The molecule has 0 atom stereocenters. The van der Waals surface area contributed by atoms with Crippen molar-refractivity contribution in [2.75, 3.05) is 19.0 Å². The van der Waals surface area contributed by atoms with Gasteiger partial charge < -0.3 is 19.8 Å². The van der Waals surface area contributed by atoms with Crippen LogP contribution < -0.4 is 16.6 Å². The van der Waals surface area contributed by atoms with Gasteiger partial charge in [-0.3, -0.25) is 14.6 Å². The number of hydrogen-bond donors (Lipinski definition) is 3. The van der Waals surface area contributed by atoms with E-state index < -0.39 is 41.3 Å². The molecule has 1 heterocycles. The second-order valence-electron chi connectivity index (χ2n) is 4.65. The number of para-hydroxylation sites is 1. The van der Waals surface area contributed by atoms with Crippen molar-refractivity contribution in [3.05, 3.63) is 62.4 Å². The molecule has 0 saturated carbocycles. The predicted octanol–water partition coefficient (Wildman–Crippen LogP) is -0.355. The van der Waals surface area contributed by atoms with Crippen molar-refractivity contribution in [1.82, 2.24) is 9.97 Å². The lowest BCUT2D eigenvalue weighted by atomic mass is 10.2. The lowest BCUT2D eigenvalue weighted by Gasteiger charge is -2.09. The minimum atomic E-state index is -1.09. The van der Waals surface area contributed by atoms with E-state index in [0.29, 0.717) is 0 Å². The molecule has 10 heteroatoms. The molecule has 1 aromatic carbocycles. The third-order valence-electron chi connectivity index (χ3n) is 2.98. The largest absolute Gasteiger partial charge is 0.465 e. The Kier molecular flexibility index (Phi) is 5.46. The number of esters is 2. The number of aromatic amines is 2. The van der Waals surface area contributed by atoms with E-state index in [4.69, 9.17) is 4.74 Å². The summed E-state index contributed by atoms with van der Waals surface area (Å²) in [5.41, 5.74) is -1.87. The van der Waals surface area contributed by atoms with Crippen molar-refractivity contribution in [3.8, 4) is 0 Å². The van der Waals surface area contributed by atoms with Gasteiger partial charge in [0.05, 0.1) is 18.4 Å². The molecule has 0 aliphatic heterocycles. The third-order valence-corrected chi connectivity index (χ3v) is 2.98. The summed E-state index contributed by atoms with van der Waals surface area (Å²) in [4.78, 5) is 61.5. The van der Waals surface area contributed by atoms with Gasteiger partial charge in [-0.15, -0.1) is 0 Å². The van der Waals surface area contributed by atoms with Gasteiger partial charge in [0.25, 0.3) is 11.5 Å². The molecular weight excluding hydrogens is 334 g/mol. The van der Waals surface area contributed by atoms with E-state index in [1.165, 1.54) is 19.2 Å². The fraction of sp³-hybridized carbons (Fsp3) is 0.133. The van der Waals surface area contributed by atoms with Gasteiger partial charge in [0, 0.05) is 6.20 Å². The van der Waals surface area contributed by atoms with Crippen LogP contribution in [0.1, 0.15) is 20.7 Å². The first-order valence-corrected chi connectivity index (χ1v) is 6.88. The Bertz CT molecular complexity index is 929. The molecule has 0 aliphatic carbocycles. The third kappa shape index (κ3) is 4.41. The van der Waals surface area contributed by atoms with Gasteiger partial charge in [-0.1, -0.05) is 12.1 Å². The molecule has 10 nitrogen and oxygen atoms in total. The van der Waals surface area contributed by atoms with E-state index in [-0.39, 0.29) is 11.3 Å². The Morgan fingerprint density at radius 1 is 1.08 bits per heavy atom. The number of amides is 1. The Morgan fingerprint density at radius 2 is 1.80 bits per heavy atom. The molecule has 0 spiro atoms. The number of hydrogen-bond acceptors (Lipinski definition) is 7. The molecule has 0 aliphatic rings. The van der Waals surface area contributed by atoms with Crippen LogP contribution in [0.2, 0.25) is 0 Å². The Morgan fingerprint density at radius 3 is 2.48 bits per heavy atom. The number of methoxy groups -OCH3 is 1. The van der Waals surface area contributed by atoms with E-state index in [1.807, 2.05) is 4.98 Å². The molecule has 2 rings (SSSR count). The van der Waals surface area contributed by atoms with Crippen molar-refractivity contribution in [2.24, 2.45) is 0 Å². The average Bonchev–Trinajstić information content (AvgIpc) is 2.59. The molecule has 2 aromatic rings. The highest BCUT2D eigenvalue weighted by Crippen LogP contribution is 2.15. The van der Waals surface area contributed by atoms with Crippen LogP contribution in [0.15, 0.2) is 40.1 Å². The SMILES string of the molecule is COC(=O)c1ccccc1NC(=O)COC(=O)c1c[nH]c(=O)[nH]c1=O. The number of carbonyl (C=O) groups is 3. The molecule has 0 saturated heterocycles. The second kappa shape index (κ2) is 7.73. The van der Waals surface area contributed by atoms with Crippen molar-refractivity contribution >= 4 is 23.5 Å². The summed E-state index contributed by atoms with van der Waals surface area (Å²) >= 11 is 0. The van der Waals surface area contributed by atoms with Crippen molar-refractivity contribution in [2.45, 2.75) is 0 Å². The maximum absolute atomic E-state index is 11.9. The van der Waals surface area contributed by atoms with Crippen LogP contribution in [-0.2, 0) is 14.3 Å². The van der Waals surface area contributed by atoms with Gasteiger partial charge in [-0.25, -0.2) is 14.4 Å². The van der Waals surface area contributed by atoms with Gasteiger partial charge in [-0.2, -0.15) is 0 Å². The van der Waals surface area contributed by atoms with E-state index >= 15 is 0 Å². The van der Waals surface area contributed by atoms with E-state index in [1.54, 1.807) is 12.1 Å². The zero-order valence-corrected chi connectivity index (χ0v) is 13.0. The Balaban J connectivity index is 2.02. The van der Waals surface area contributed by atoms with Crippen molar-refractivity contribution in [1.29, 1.82) is 0 Å². The summed E-state index contributed by atoms with van der Waals surface area (Å²) in [5.74, 6) is -2.47. The number of aromatic nitrogens is 2. The number of ether oxygens (including phenoxy) is 2. The highest BCUT2D eigenvalue weighted by Gasteiger charge is 2.16. The molecule has 130 valence electrons. The highest BCUT2D eigenvalue weighted by atomic mass is 16.5. The minimum absolute atomic E-state index is 0.127. The van der Waals surface area contributed by atoms with Crippen LogP contribution in [0.25, 0.3) is 0 Å². The van der Waals surface area contributed by atoms with Gasteiger partial charge >= 0.3 is 17.6 Å². The highest BCUT2D eigenvalue weighted by molar-refractivity contribution is 6.02. The topological polar surface area (TPSA) is 147 Å². The summed E-state index contributed by atoms with van der Waals surface area (Å²) in [7, 11) is 1.20. The van der Waals surface area contributed by atoms with Crippen LogP contribution in [0.4, 0.5) is 5.69 Å². The molecular formula is C15H13N3O7. The monoisotopic (exact) mass is 347 g/mol. The van der Waals surface area contributed by atoms with Crippen LogP contribution in [0.5, 0.6) is 0 Å². The van der Waals surface area contributed by atoms with Gasteiger partial charge in [0.15, 0.2) is 6.61 Å². The van der Waals surface area contributed by atoms with E-state index in [9.17, 15) is 24.0 Å². The molecule has 0 radical (unpaired) electrons. The summed E-state index contributed by atoms with van der Waals surface area (Å²) in [5, 5.41) is 2.40. The van der Waals surface area contributed by atoms with E-state index in [2.05, 4.69) is 15.0 Å². The number of nitrogens with one attached hydrogen (secondary N) is 3. The quantitative estimate of drug-likeness (QED) is 0.626.